The summed E-state index contributed by atoms with van der Waals surface area (Å²) in [4.78, 5) is 12.5. The fourth-order valence-electron chi connectivity index (χ4n) is 7.29. The molecule has 4 rings (SSSR count). The van der Waals surface area contributed by atoms with Crippen molar-refractivity contribution in [3.8, 4) is 0 Å². The average Bonchev–Trinajstić information content (AvgIpc) is 2.94. The molecule has 3 aliphatic carbocycles. The Morgan fingerprint density at radius 3 is 2.41 bits per heavy atom. The molecule has 152 valence electrons. The highest BCUT2D eigenvalue weighted by molar-refractivity contribution is 5.94. The van der Waals surface area contributed by atoms with Crippen molar-refractivity contribution in [2.45, 2.75) is 64.4 Å². The number of carbonyl (C=O) groups excluding carboxylic acids is 1. The number of fused-ring (bicyclic) bond motifs is 4. The van der Waals surface area contributed by atoms with Gasteiger partial charge in [-0.25, -0.2) is 4.79 Å². The van der Waals surface area contributed by atoms with Crippen LogP contribution in [0.15, 0.2) is 11.1 Å². The van der Waals surface area contributed by atoms with Crippen LogP contribution in [0.25, 0.3) is 0 Å². The van der Waals surface area contributed by atoms with Crippen molar-refractivity contribution in [3.05, 3.63) is 11.1 Å². The first-order valence-electron chi connectivity index (χ1n) is 9.86. The Bertz CT molecular complexity index is 690. The topological polar surface area (TPSA) is 127 Å². The lowest BCUT2D eigenvalue weighted by molar-refractivity contribution is -0.229. The number of ether oxygens (including phenoxy) is 1. The summed E-state index contributed by atoms with van der Waals surface area (Å²) in [6.07, 6.45) is -0.587. The highest BCUT2D eigenvalue weighted by Crippen LogP contribution is 2.69. The minimum Gasteiger partial charge on any atom is -0.428 e. The van der Waals surface area contributed by atoms with E-state index in [-0.39, 0.29) is 25.0 Å². The molecule has 5 N–H and O–H groups in total. The highest BCUT2D eigenvalue weighted by atomic mass is 16.6. The summed E-state index contributed by atoms with van der Waals surface area (Å²) in [5.41, 5.74) is -1.14. The maximum Gasteiger partial charge on any atom is 0.337 e. The van der Waals surface area contributed by atoms with Crippen LogP contribution in [0.4, 0.5) is 0 Å². The summed E-state index contributed by atoms with van der Waals surface area (Å²) >= 11 is 0. The zero-order chi connectivity index (χ0) is 19.8. The molecular formula is C20H30O7. The molecule has 0 aromatic rings. The van der Waals surface area contributed by atoms with E-state index in [4.69, 9.17) is 4.74 Å². The molecule has 4 aliphatic rings. The number of rotatable bonds is 2. The summed E-state index contributed by atoms with van der Waals surface area (Å²) in [5, 5.41) is 51.9. The molecule has 0 aromatic heterocycles. The van der Waals surface area contributed by atoms with Gasteiger partial charge in [-0.2, -0.15) is 0 Å². The molecule has 0 aromatic carbocycles. The van der Waals surface area contributed by atoms with Crippen LogP contribution in [-0.2, 0) is 9.53 Å². The van der Waals surface area contributed by atoms with Gasteiger partial charge in [0.1, 0.15) is 0 Å². The molecule has 2 fully saturated rings. The fraction of sp³-hybridized carbons (Fsp3) is 0.850. The molecule has 1 heterocycles. The Hall–Kier alpha value is -0.990. The van der Waals surface area contributed by atoms with Gasteiger partial charge in [0.25, 0.3) is 0 Å². The van der Waals surface area contributed by atoms with Crippen LogP contribution in [0.2, 0.25) is 0 Å². The van der Waals surface area contributed by atoms with Gasteiger partial charge in [0.15, 0.2) is 0 Å². The second-order valence-electron chi connectivity index (χ2n) is 9.54. The van der Waals surface area contributed by atoms with Crippen molar-refractivity contribution in [3.63, 3.8) is 0 Å². The van der Waals surface area contributed by atoms with Crippen molar-refractivity contribution >= 4 is 5.97 Å². The maximum atomic E-state index is 12.5. The lowest BCUT2D eigenvalue weighted by atomic mass is 9.39. The van der Waals surface area contributed by atoms with E-state index in [2.05, 4.69) is 6.92 Å². The Kier molecular flexibility index (Phi) is 4.30. The van der Waals surface area contributed by atoms with Gasteiger partial charge in [-0.3, -0.25) is 0 Å². The number of aliphatic hydroxyl groups excluding tert-OH is 5. The standard InChI is InChI=1S/C20H30O7/c1-18-7-11(23)15(24)19(2,8-21)12(18)5-6-20(9-22)13(18)4-3-10-14(20)17(26)27-16(10)25/h11-13,15-16,21-25H,3-9H2,1-2H3/t11-,12+,13+,15-,16+,18-,19+,20-/m1/s1. The van der Waals surface area contributed by atoms with Gasteiger partial charge >= 0.3 is 5.97 Å². The summed E-state index contributed by atoms with van der Waals surface area (Å²) < 4.78 is 5.06. The highest BCUT2D eigenvalue weighted by Gasteiger charge is 2.67. The van der Waals surface area contributed by atoms with Crippen molar-refractivity contribution in [1.29, 1.82) is 0 Å². The number of aliphatic hydroxyl groups is 5. The number of cyclic esters (lactones) is 1. The first-order valence-corrected chi connectivity index (χ1v) is 9.86. The first kappa shape index (κ1) is 19.3. The van der Waals surface area contributed by atoms with Crippen LogP contribution in [0.5, 0.6) is 0 Å². The van der Waals surface area contributed by atoms with Gasteiger partial charge in [-0.15, -0.1) is 0 Å². The molecule has 0 saturated heterocycles. The third-order valence-electron chi connectivity index (χ3n) is 8.49. The van der Waals surface area contributed by atoms with Crippen LogP contribution in [-0.4, -0.2) is 63.2 Å². The molecule has 0 unspecified atom stereocenters. The quantitative estimate of drug-likeness (QED) is 0.428. The van der Waals surface area contributed by atoms with Crippen LogP contribution in [0.1, 0.15) is 46.0 Å². The molecule has 0 radical (unpaired) electrons. The predicted molar refractivity (Wildman–Crippen MR) is 94.0 cm³/mol. The van der Waals surface area contributed by atoms with Crippen LogP contribution in [0, 0.1) is 28.1 Å². The van der Waals surface area contributed by atoms with E-state index in [9.17, 15) is 30.3 Å². The van der Waals surface area contributed by atoms with E-state index in [1.54, 1.807) is 0 Å². The Labute approximate surface area is 158 Å². The predicted octanol–water partition coefficient (Wildman–Crippen LogP) is 0.0873. The van der Waals surface area contributed by atoms with E-state index >= 15 is 0 Å². The van der Waals surface area contributed by atoms with Gasteiger partial charge in [0, 0.05) is 16.4 Å². The lowest BCUT2D eigenvalue weighted by Crippen LogP contribution is -2.66. The third-order valence-corrected chi connectivity index (χ3v) is 8.49. The van der Waals surface area contributed by atoms with Gasteiger partial charge < -0.3 is 30.3 Å². The van der Waals surface area contributed by atoms with Gasteiger partial charge in [-0.1, -0.05) is 13.8 Å². The Morgan fingerprint density at radius 1 is 1.07 bits per heavy atom. The molecule has 8 atom stereocenters. The summed E-state index contributed by atoms with van der Waals surface area (Å²) in [7, 11) is 0. The lowest BCUT2D eigenvalue weighted by Gasteiger charge is -2.65. The average molecular weight is 382 g/mol. The second-order valence-corrected chi connectivity index (χ2v) is 9.54. The monoisotopic (exact) mass is 382 g/mol. The van der Waals surface area contributed by atoms with E-state index in [1.807, 2.05) is 6.92 Å². The molecule has 2 saturated carbocycles. The van der Waals surface area contributed by atoms with Crippen LogP contribution in [0.3, 0.4) is 0 Å². The summed E-state index contributed by atoms with van der Waals surface area (Å²) in [6, 6.07) is 0. The number of esters is 1. The number of carbonyl (C=O) groups is 1. The molecule has 0 bridgehead atoms. The molecule has 0 spiro atoms. The Morgan fingerprint density at radius 2 is 1.78 bits per heavy atom. The third kappa shape index (κ3) is 2.23. The molecule has 7 heteroatoms. The Balaban J connectivity index is 1.84. The van der Waals surface area contributed by atoms with Gasteiger partial charge in [0.2, 0.25) is 6.29 Å². The fourth-order valence-corrected chi connectivity index (χ4v) is 7.29. The van der Waals surface area contributed by atoms with Crippen molar-refractivity contribution in [2.24, 2.45) is 28.1 Å². The first-order chi connectivity index (χ1) is 12.7. The molecule has 27 heavy (non-hydrogen) atoms. The number of hydrogen-bond acceptors (Lipinski definition) is 7. The van der Waals surface area contributed by atoms with Crippen LogP contribution < -0.4 is 0 Å². The molecule has 1 aliphatic heterocycles. The van der Waals surface area contributed by atoms with Crippen molar-refractivity contribution < 1.29 is 35.1 Å². The zero-order valence-corrected chi connectivity index (χ0v) is 15.9. The minimum atomic E-state index is -1.23. The molecule has 7 nitrogen and oxygen atoms in total. The largest absolute Gasteiger partial charge is 0.428 e. The molecular weight excluding hydrogens is 352 g/mol. The summed E-state index contributed by atoms with van der Waals surface area (Å²) in [6.45, 7) is 3.40. The second kappa shape index (κ2) is 6.00. The smallest absolute Gasteiger partial charge is 0.337 e. The van der Waals surface area contributed by atoms with Gasteiger partial charge in [0.05, 0.1) is 31.0 Å². The zero-order valence-electron chi connectivity index (χ0n) is 15.9. The van der Waals surface area contributed by atoms with Gasteiger partial charge in [-0.05, 0) is 49.4 Å². The van der Waals surface area contributed by atoms with E-state index < -0.39 is 40.7 Å². The minimum absolute atomic E-state index is 0.0532. The maximum absolute atomic E-state index is 12.5. The van der Waals surface area contributed by atoms with Crippen molar-refractivity contribution in [1.82, 2.24) is 0 Å². The normalized spacial score (nSPS) is 52.1. The summed E-state index contributed by atoms with van der Waals surface area (Å²) in [5.74, 6) is -0.722. The SMILES string of the molecule is C[C@]1(CO)[C@H]2CC[C@]3(CO)C4=C(CC[C@H]3[C@]2(C)C[C@@H](O)[C@H]1O)[C@@H](O)OC4=O. The van der Waals surface area contributed by atoms with Crippen molar-refractivity contribution in [2.75, 3.05) is 13.2 Å². The number of hydrogen-bond donors (Lipinski definition) is 5. The molecule has 0 amide bonds. The van der Waals surface area contributed by atoms with E-state index in [0.717, 1.165) is 0 Å². The van der Waals surface area contributed by atoms with E-state index in [0.29, 0.717) is 43.3 Å². The van der Waals surface area contributed by atoms with Crippen LogP contribution >= 0.6 is 0 Å². The van der Waals surface area contributed by atoms with E-state index in [1.165, 1.54) is 0 Å².